The van der Waals surface area contributed by atoms with Crippen LogP contribution in [-0.4, -0.2) is 38.6 Å². The number of aromatic hydroxyl groups is 1. The minimum absolute atomic E-state index is 0.0146. The Kier molecular flexibility index (Phi) is 5.47. The van der Waals surface area contributed by atoms with Crippen molar-refractivity contribution in [3.05, 3.63) is 59.9 Å². The molecule has 156 valence electrons. The van der Waals surface area contributed by atoms with Gasteiger partial charge in [-0.25, -0.2) is 13.8 Å². The highest BCUT2D eigenvalue weighted by atomic mass is 35.5. The Bertz CT molecular complexity index is 1120. The molecule has 3 aromatic rings. The number of imidazole rings is 1. The number of fused-ring (bicyclic) bond motifs is 1. The van der Waals surface area contributed by atoms with Crippen LogP contribution in [0.15, 0.2) is 43.2 Å². The van der Waals surface area contributed by atoms with E-state index in [2.05, 4.69) is 11.6 Å². The Labute approximate surface area is 177 Å². The summed E-state index contributed by atoms with van der Waals surface area (Å²) in [7, 11) is 0. The molecule has 4 rings (SSSR count). The Hall–Kier alpha value is -2.93. The van der Waals surface area contributed by atoms with Gasteiger partial charge in [-0.3, -0.25) is 4.79 Å². The largest absolute Gasteiger partial charge is 0.507 e. The summed E-state index contributed by atoms with van der Waals surface area (Å²) in [6.45, 7) is 4.73. The zero-order chi connectivity index (χ0) is 21.4. The van der Waals surface area contributed by atoms with Gasteiger partial charge in [0.1, 0.15) is 17.1 Å². The average molecular weight is 432 g/mol. The van der Waals surface area contributed by atoms with Gasteiger partial charge >= 0.3 is 0 Å². The van der Waals surface area contributed by atoms with Crippen molar-refractivity contribution in [1.29, 1.82) is 0 Å². The first-order chi connectivity index (χ1) is 14.4. The fourth-order valence-electron chi connectivity index (χ4n) is 4.08. The molecule has 1 amide bonds. The number of aromatic nitrogens is 2. The Morgan fingerprint density at radius 1 is 1.27 bits per heavy atom. The molecule has 1 fully saturated rings. The molecule has 2 heterocycles. The molecular formula is C22H20ClF2N3O2. The standard InChI is InChI=1S/C22H20ClF2N3O2/c1-2-18(30)27-9-4-5-13(8-10-27)28-12-26-22-16(28)11-14(23)19(21(22)25)20-15(24)6-3-7-17(20)29/h2-3,6-7,11-13,29H,1,4-5,8-10H2. The van der Waals surface area contributed by atoms with Gasteiger partial charge in [-0.1, -0.05) is 24.2 Å². The van der Waals surface area contributed by atoms with Crippen LogP contribution in [0.5, 0.6) is 5.75 Å². The van der Waals surface area contributed by atoms with E-state index < -0.39 is 17.4 Å². The van der Waals surface area contributed by atoms with Gasteiger partial charge in [0.25, 0.3) is 0 Å². The van der Waals surface area contributed by atoms with Gasteiger partial charge in [0.05, 0.1) is 22.4 Å². The van der Waals surface area contributed by atoms with Gasteiger partial charge in [-0.2, -0.15) is 0 Å². The third-order valence-corrected chi connectivity index (χ3v) is 5.88. The number of halogens is 3. The van der Waals surface area contributed by atoms with Crippen LogP contribution >= 0.6 is 11.6 Å². The molecule has 0 aliphatic carbocycles. The Morgan fingerprint density at radius 3 is 2.80 bits per heavy atom. The number of phenolic OH excluding ortho intramolecular Hbond substituents is 1. The maximum Gasteiger partial charge on any atom is 0.245 e. The van der Waals surface area contributed by atoms with Crippen LogP contribution in [0.3, 0.4) is 0 Å². The van der Waals surface area contributed by atoms with E-state index in [-0.39, 0.29) is 33.6 Å². The highest BCUT2D eigenvalue weighted by Gasteiger charge is 2.26. The van der Waals surface area contributed by atoms with Crippen molar-refractivity contribution in [3.63, 3.8) is 0 Å². The van der Waals surface area contributed by atoms with Crippen molar-refractivity contribution >= 4 is 28.5 Å². The van der Waals surface area contributed by atoms with Gasteiger partial charge in [-0.05, 0) is 43.5 Å². The smallest absolute Gasteiger partial charge is 0.245 e. The maximum absolute atomic E-state index is 15.3. The molecule has 2 aromatic carbocycles. The molecule has 0 radical (unpaired) electrons. The first-order valence-electron chi connectivity index (χ1n) is 9.66. The number of phenols is 1. The molecule has 1 N–H and O–H groups in total. The van der Waals surface area contributed by atoms with E-state index in [1.54, 1.807) is 17.3 Å². The number of benzene rings is 2. The monoisotopic (exact) mass is 431 g/mol. The second kappa shape index (κ2) is 8.07. The van der Waals surface area contributed by atoms with Gasteiger partial charge in [-0.15, -0.1) is 0 Å². The van der Waals surface area contributed by atoms with E-state index in [4.69, 9.17) is 11.6 Å². The predicted molar refractivity (Wildman–Crippen MR) is 111 cm³/mol. The quantitative estimate of drug-likeness (QED) is 0.588. The third kappa shape index (κ3) is 3.43. The number of likely N-dealkylation sites (tertiary alicyclic amines) is 1. The molecule has 30 heavy (non-hydrogen) atoms. The Balaban J connectivity index is 1.75. The lowest BCUT2D eigenvalue weighted by Crippen LogP contribution is -2.30. The molecule has 1 saturated heterocycles. The fourth-order valence-corrected chi connectivity index (χ4v) is 4.37. The third-order valence-electron chi connectivity index (χ3n) is 5.58. The minimum Gasteiger partial charge on any atom is -0.507 e. The molecule has 1 atom stereocenters. The van der Waals surface area contributed by atoms with E-state index in [0.29, 0.717) is 25.0 Å². The molecule has 0 spiro atoms. The van der Waals surface area contributed by atoms with Crippen molar-refractivity contribution in [3.8, 4) is 16.9 Å². The zero-order valence-corrected chi connectivity index (χ0v) is 16.9. The lowest BCUT2D eigenvalue weighted by atomic mass is 10.0. The molecule has 8 heteroatoms. The summed E-state index contributed by atoms with van der Waals surface area (Å²) < 4.78 is 31.5. The summed E-state index contributed by atoms with van der Waals surface area (Å²) >= 11 is 6.35. The van der Waals surface area contributed by atoms with E-state index in [1.165, 1.54) is 18.2 Å². The average Bonchev–Trinajstić information content (AvgIpc) is 2.98. The molecule has 0 bridgehead atoms. The number of hydrogen-bond acceptors (Lipinski definition) is 3. The van der Waals surface area contributed by atoms with Crippen LogP contribution in [0.25, 0.3) is 22.2 Å². The molecule has 1 aliphatic heterocycles. The van der Waals surface area contributed by atoms with Gasteiger partial charge in [0, 0.05) is 24.7 Å². The van der Waals surface area contributed by atoms with Crippen LogP contribution in [0.4, 0.5) is 8.78 Å². The summed E-state index contributed by atoms with van der Waals surface area (Å²) in [4.78, 5) is 17.9. The summed E-state index contributed by atoms with van der Waals surface area (Å²) in [5.41, 5.74) is 0.0454. The molecular weight excluding hydrogens is 412 g/mol. The van der Waals surface area contributed by atoms with Crippen LogP contribution < -0.4 is 0 Å². The summed E-state index contributed by atoms with van der Waals surface area (Å²) in [6, 6.07) is 5.31. The van der Waals surface area contributed by atoms with E-state index in [9.17, 15) is 14.3 Å². The van der Waals surface area contributed by atoms with Gasteiger partial charge < -0.3 is 14.6 Å². The van der Waals surface area contributed by atoms with E-state index >= 15 is 4.39 Å². The summed E-state index contributed by atoms with van der Waals surface area (Å²) in [5, 5.41) is 10.1. The van der Waals surface area contributed by atoms with E-state index in [0.717, 1.165) is 18.9 Å². The molecule has 5 nitrogen and oxygen atoms in total. The second-order valence-corrected chi connectivity index (χ2v) is 7.72. The van der Waals surface area contributed by atoms with Crippen molar-refractivity contribution < 1.29 is 18.7 Å². The SMILES string of the molecule is C=CC(=O)N1CCCC(n2cnc3c(F)c(-c4c(O)cccc4F)c(Cl)cc32)CC1. The van der Waals surface area contributed by atoms with Crippen molar-refractivity contribution in [1.82, 2.24) is 14.5 Å². The molecule has 1 aliphatic rings. The highest BCUT2D eigenvalue weighted by Crippen LogP contribution is 2.41. The Morgan fingerprint density at radius 2 is 2.07 bits per heavy atom. The number of amides is 1. The van der Waals surface area contributed by atoms with Crippen LogP contribution in [-0.2, 0) is 4.79 Å². The highest BCUT2D eigenvalue weighted by molar-refractivity contribution is 6.34. The summed E-state index contributed by atoms with van der Waals surface area (Å²) in [6.07, 6.45) is 5.12. The number of hydrogen-bond donors (Lipinski definition) is 1. The van der Waals surface area contributed by atoms with E-state index in [1.807, 2.05) is 4.57 Å². The first kappa shape index (κ1) is 20.3. The van der Waals surface area contributed by atoms with Gasteiger partial charge in [0.2, 0.25) is 5.91 Å². The van der Waals surface area contributed by atoms with Crippen molar-refractivity contribution in [2.75, 3.05) is 13.1 Å². The van der Waals surface area contributed by atoms with Crippen molar-refractivity contribution in [2.45, 2.75) is 25.3 Å². The van der Waals surface area contributed by atoms with Crippen molar-refractivity contribution in [2.24, 2.45) is 0 Å². The lowest BCUT2D eigenvalue weighted by Gasteiger charge is -2.20. The number of carbonyl (C=O) groups excluding carboxylic acids is 1. The number of nitrogens with zero attached hydrogens (tertiary/aromatic N) is 3. The fraction of sp³-hybridized carbons (Fsp3) is 0.273. The predicted octanol–water partition coefficient (Wildman–Crippen LogP) is 5.08. The minimum atomic E-state index is -0.784. The lowest BCUT2D eigenvalue weighted by molar-refractivity contribution is -0.125. The van der Waals surface area contributed by atoms with Gasteiger partial charge in [0.15, 0.2) is 5.82 Å². The first-order valence-corrected chi connectivity index (χ1v) is 10.0. The van der Waals surface area contributed by atoms with Crippen LogP contribution in [0.2, 0.25) is 5.02 Å². The zero-order valence-electron chi connectivity index (χ0n) is 16.1. The van der Waals surface area contributed by atoms with Crippen LogP contribution in [0.1, 0.15) is 25.3 Å². The summed E-state index contributed by atoms with van der Waals surface area (Å²) in [5.74, 6) is -2.06. The topological polar surface area (TPSA) is 58.4 Å². The second-order valence-electron chi connectivity index (χ2n) is 7.32. The molecule has 0 saturated carbocycles. The number of carbonyl (C=O) groups is 1. The molecule has 1 unspecified atom stereocenters. The number of rotatable bonds is 3. The van der Waals surface area contributed by atoms with Crippen LogP contribution in [0, 0.1) is 11.6 Å². The molecule has 1 aromatic heterocycles. The normalized spacial score (nSPS) is 17.2. The maximum atomic E-state index is 15.3.